The van der Waals surface area contributed by atoms with E-state index in [2.05, 4.69) is 10.0 Å². The SMILES string of the molecule is CS(=O)(=O)N[C@H]1CCCC[C@@H]1N1C(=O)c2ccccc2[C@@H](C(=O)NCc2ccc[n+]([O-])c2)[C@@H]1c1ccc(Cl)cc1Cl. The number of fused-ring (bicyclic) bond motifs is 1. The van der Waals surface area contributed by atoms with E-state index >= 15 is 0 Å². The van der Waals surface area contributed by atoms with Gasteiger partial charge in [-0.15, -0.1) is 0 Å². The Labute approximate surface area is 249 Å². The van der Waals surface area contributed by atoms with E-state index in [1.54, 1.807) is 59.5 Å². The van der Waals surface area contributed by atoms with Gasteiger partial charge in [0.1, 0.15) is 0 Å². The van der Waals surface area contributed by atoms with Crippen molar-refractivity contribution in [1.82, 2.24) is 14.9 Å². The zero-order valence-corrected chi connectivity index (χ0v) is 24.6. The quantitative estimate of drug-likeness (QED) is 0.306. The second-order valence-electron chi connectivity index (χ2n) is 10.5. The molecule has 216 valence electrons. The van der Waals surface area contributed by atoms with Crippen LogP contribution in [0.15, 0.2) is 67.0 Å². The smallest absolute Gasteiger partial charge is 0.255 e. The summed E-state index contributed by atoms with van der Waals surface area (Å²) in [6.07, 6.45) is 6.52. The number of rotatable bonds is 7. The molecular formula is C29H30Cl2N4O5S. The molecule has 1 saturated carbocycles. The zero-order chi connectivity index (χ0) is 29.3. The molecule has 1 aliphatic heterocycles. The van der Waals surface area contributed by atoms with Crippen LogP contribution in [-0.4, -0.2) is 43.5 Å². The Morgan fingerprint density at radius 1 is 1.07 bits per heavy atom. The minimum atomic E-state index is -3.58. The first kappa shape index (κ1) is 29.3. The number of hydrogen-bond donors (Lipinski definition) is 2. The van der Waals surface area contributed by atoms with Crippen LogP contribution in [-0.2, 0) is 21.4 Å². The fraction of sp³-hybridized carbons (Fsp3) is 0.345. The standard InChI is InChI=1S/C29H30Cl2N4O5S/c1-41(39,40)33-24-10-4-5-11-25(24)35-27(22-13-12-19(30)15-23(22)31)26(20-8-2-3-9-21(20)29(35)37)28(36)32-16-18-7-6-14-34(38)17-18/h2-3,6-9,12-15,17,24-27,33H,4-5,10-11,16H2,1H3,(H,32,36)/t24-,25-,26+,27-/m0/s1. The minimum Gasteiger partial charge on any atom is -0.619 e. The largest absolute Gasteiger partial charge is 0.619 e. The highest BCUT2D eigenvalue weighted by molar-refractivity contribution is 7.88. The number of amides is 2. The molecule has 3 aromatic rings. The van der Waals surface area contributed by atoms with Crippen molar-refractivity contribution in [2.75, 3.05) is 6.26 Å². The molecule has 0 saturated heterocycles. The summed E-state index contributed by atoms with van der Waals surface area (Å²) in [5.41, 5.74) is 2.05. The number of hydrogen-bond acceptors (Lipinski definition) is 5. The van der Waals surface area contributed by atoms with E-state index < -0.39 is 34.1 Å². The Kier molecular flexibility index (Phi) is 8.56. The van der Waals surface area contributed by atoms with Crippen LogP contribution in [0.2, 0.25) is 10.0 Å². The van der Waals surface area contributed by atoms with Crippen molar-refractivity contribution in [3.05, 3.63) is 104 Å². The number of carbonyl (C=O) groups is 2. The predicted molar refractivity (Wildman–Crippen MR) is 156 cm³/mol. The second kappa shape index (κ2) is 12.0. The van der Waals surface area contributed by atoms with E-state index in [1.807, 2.05) is 0 Å². The summed E-state index contributed by atoms with van der Waals surface area (Å²) in [7, 11) is -3.58. The van der Waals surface area contributed by atoms with Gasteiger partial charge in [0.2, 0.25) is 15.9 Å². The predicted octanol–water partition coefficient (Wildman–Crippen LogP) is 4.08. The normalized spacial score (nSPS) is 22.7. The molecule has 4 atom stereocenters. The number of carbonyl (C=O) groups excluding carboxylic acids is 2. The molecule has 5 rings (SSSR count). The fourth-order valence-corrected chi connectivity index (χ4v) is 7.38. The van der Waals surface area contributed by atoms with E-state index in [-0.39, 0.29) is 23.4 Å². The summed E-state index contributed by atoms with van der Waals surface area (Å²) < 4.78 is 28.1. The van der Waals surface area contributed by atoms with Crippen LogP contribution in [0.5, 0.6) is 0 Å². The fourth-order valence-electron chi connectivity index (χ4n) is 6.03. The van der Waals surface area contributed by atoms with E-state index in [9.17, 15) is 23.2 Å². The van der Waals surface area contributed by atoms with Crippen molar-refractivity contribution >= 4 is 45.0 Å². The van der Waals surface area contributed by atoms with Crippen molar-refractivity contribution in [3.63, 3.8) is 0 Å². The molecule has 0 bridgehead atoms. The monoisotopic (exact) mass is 616 g/mol. The van der Waals surface area contributed by atoms with Gasteiger partial charge < -0.3 is 15.4 Å². The van der Waals surface area contributed by atoms with Crippen LogP contribution in [0, 0.1) is 5.21 Å². The molecule has 2 aliphatic rings. The first-order valence-corrected chi connectivity index (χ1v) is 16.0. The van der Waals surface area contributed by atoms with Gasteiger partial charge >= 0.3 is 0 Å². The molecule has 1 fully saturated rings. The van der Waals surface area contributed by atoms with Crippen LogP contribution in [0.4, 0.5) is 0 Å². The number of nitrogens with zero attached hydrogens (tertiary/aromatic N) is 2. The van der Waals surface area contributed by atoms with Crippen molar-refractivity contribution in [2.24, 2.45) is 0 Å². The minimum absolute atomic E-state index is 0.0945. The number of aromatic nitrogens is 1. The highest BCUT2D eigenvalue weighted by Gasteiger charge is 2.49. The number of benzene rings is 2. The molecule has 0 radical (unpaired) electrons. The molecule has 0 spiro atoms. The lowest BCUT2D eigenvalue weighted by Crippen LogP contribution is -2.59. The third-order valence-corrected chi connectivity index (χ3v) is 8.99. The van der Waals surface area contributed by atoms with Gasteiger partial charge in [-0.05, 0) is 48.2 Å². The van der Waals surface area contributed by atoms with Crippen molar-refractivity contribution in [3.8, 4) is 0 Å². The zero-order valence-electron chi connectivity index (χ0n) is 22.3. The van der Waals surface area contributed by atoms with Crippen molar-refractivity contribution < 1.29 is 22.7 Å². The molecule has 2 heterocycles. The summed E-state index contributed by atoms with van der Waals surface area (Å²) in [4.78, 5) is 30.0. The first-order chi connectivity index (χ1) is 19.5. The Hall–Kier alpha value is -3.18. The molecule has 12 heteroatoms. The summed E-state index contributed by atoms with van der Waals surface area (Å²) in [6, 6.07) is 13.3. The van der Waals surface area contributed by atoms with E-state index in [4.69, 9.17) is 23.2 Å². The van der Waals surface area contributed by atoms with E-state index in [0.29, 0.717) is 44.8 Å². The van der Waals surface area contributed by atoms with Gasteiger partial charge in [0.15, 0.2) is 12.4 Å². The van der Waals surface area contributed by atoms with Gasteiger partial charge in [0.05, 0.1) is 18.2 Å². The molecule has 41 heavy (non-hydrogen) atoms. The third-order valence-electron chi connectivity index (χ3n) is 7.70. The van der Waals surface area contributed by atoms with Gasteiger partial charge in [0, 0.05) is 45.9 Å². The van der Waals surface area contributed by atoms with Crippen molar-refractivity contribution in [2.45, 2.75) is 56.3 Å². The number of pyridine rings is 1. The molecule has 2 amide bonds. The Morgan fingerprint density at radius 2 is 1.83 bits per heavy atom. The Balaban J connectivity index is 1.64. The van der Waals surface area contributed by atoms with Crippen LogP contribution >= 0.6 is 23.2 Å². The van der Waals surface area contributed by atoms with Crippen LogP contribution in [0.3, 0.4) is 0 Å². The number of halogens is 2. The van der Waals surface area contributed by atoms with Gasteiger partial charge in [-0.25, -0.2) is 13.1 Å². The van der Waals surface area contributed by atoms with Crippen LogP contribution in [0.1, 0.15) is 64.7 Å². The van der Waals surface area contributed by atoms with E-state index in [1.165, 1.54) is 12.4 Å². The lowest BCUT2D eigenvalue weighted by Gasteiger charge is -2.49. The average Bonchev–Trinajstić information content (AvgIpc) is 2.92. The third kappa shape index (κ3) is 6.35. The molecule has 0 unspecified atom stereocenters. The average molecular weight is 618 g/mol. The lowest BCUT2D eigenvalue weighted by atomic mass is 9.76. The highest BCUT2D eigenvalue weighted by atomic mass is 35.5. The summed E-state index contributed by atoms with van der Waals surface area (Å²) in [5, 5.41) is 15.4. The van der Waals surface area contributed by atoms with Crippen LogP contribution in [0.25, 0.3) is 0 Å². The lowest BCUT2D eigenvalue weighted by molar-refractivity contribution is -0.605. The summed E-state index contributed by atoms with van der Waals surface area (Å²) in [5.74, 6) is -1.55. The van der Waals surface area contributed by atoms with Gasteiger partial charge in [-0.3, -0.25) is 9.59 Å². The topological polar surface area (TPSA) is 123 Å². The molecule has 1 aliphatic carbocycles. The summed E-state index contributed by atoms with van der Waals surface area (Å²) in [6.45, 7) is 0.0945. The van der Waals surface area contributed by atoms with Crippen LogP contribution < -0.4 is 14.8 Å². The Bertz CT molecular complexity index is 1580. The molecule has 2 aromatic carbocycles. The first-order valence-electron chi connectivity index (χ1n) is 13.3. The number of sulfonamides is 1. The number of nitrogens with one attached hydrogen (secondary N) is 2. The van der Waals surface area contributed by atoms with E-state index in [0.717, 1.165) is 19.1 Å². The second-order valence-corrected chi connectivity index (χ2v) is 13.1. The van der Waals surface area contributed by atoms with Gasteiger partial charge in [0.25, 0.3) is 5.91 Å². The molecule has 9 nitrogen and oxygen atoms in total. The summed E-state index contributed by atoms with van der Waals surface area (Å²) >= 11 is 13.0. The molecule has 2 N–H and O–H groups in total. The van der Waals surface area contributed by atoms with Gasteiger partial charge in [-0.1, -0.05) is 60.3 Å². The Morgan fingerprint density at radius 3 is 2.56 bits per heavy atom. The maximum Gasteiger partial charge on any atom is 0.255 e. The maximum atomic E-state index is 14.3. The molecule has 1 aromatic heterocycles. The highest BCUT2D eigenvalue weighted by Crippen LogP contribution is 2.47. The maximum absolute atomic E-state index is 14.3. The van der Waals surface area contributed by atoms with Gasteiger partial charge in [-0.2, -0.15) is 4.73 Å². The molecular weight excluding hydrogens is 587 g/mol. The van der Waals surface area contributed by atoms with Crippen molar-refractivity contribution in [1.29, 1.82) is 0 Å².